The van der Waals surface area contributed by atoms with E-state index in [1.54, 1.807) is 36.4 Å². The standard InChI is InChI=1S/C15H8Cl2N2O2S/c16-11-2-1-3-12(17)10(11)5-7-15-18-13-6-4-9(19(20)21)8-14(13)22-15/h1-8H. The van der Waals surface area contributed by atoms with Gasteiger partial charge in [-0.15, -0.1) is 11.3 Å². The first-order valence-electron chi connectivity index (χ1n) is 6.21. The summed E-state index contributed by atoms with van der Waals surface area (Å²) in [4.78, 5) is 14.8. The first-order chi connectivity index (χ1) is 10.5. The lowest BCUT2D eigenvalue weighted by atomic mass is 10.2. The topological polar surface area (TPSA) is 56.0 Å². The molecule has 22 heavy (non-hydrogen) atoms. The Balaban J connectivity index is 1.97. The zero-order chi connectivity index (χ0) is 15.7. The van der Waals surface area contributed by atoms with Gasteiger partial charge in [-0.3, -0.25) is 10.1 Å². The lowest BCUT2D eigenvalue weighted by Gasteiger charge is -1.99. The number of thiazole rings is 1. The average Bonchev–Trinajstić information content (AvgIpc) is 2.88. The van der Waals surface area contributed by atoms with Crippen LogP contribution in [0, 0.1) is 10.1 Å². The Hall–Kier alpha value is -1.95. The number of rotatable bonds is 3. The Morgan fingerprint density at radius 2 is 1.86 bits per heavy atom. The molecule has 0 unspecified atom stereocenters. The predicted octanol–water partition coefficient (Wildman–Crippen LogP) is 5.68. The van der Waals surface area contributed by atoms with Gasteiger partial charge in [-0.1, -0.05) is 29.3 Å². The highest BCUT2D eigenvalue weighted by Gasteiger charge is 2.09. The second-order valence-electron chi connectivity index (χ2n) is 4.43. The quantitative estimate of drug-likeness (QED) is 0.450. The molecule has 1 heterocycles. The van der Waals surface area contributed by atoms with Crippen LogP contribution in [0.15, 0.2) is 36.4 Å². The lowest BCUT2D eigenvalue weighted by Crippen LogP contribution is -1.85. The van der Waals surface area contributed by atoms with E-state index >= 15 is 0 Å². The third kappa shape index (κ3) is 2.97. The maximum atomic E-state index is 10.8. The second kappa shape index (κ2) is 6.04. The number of non-ortho nitro benzene ring substituents is 1. The number of hydrogen-bond acceptors (Lipinski definition) is 4. The van der Waals surface area contributed by atoms with Crippen molar-refractivity contribution in [1.82, 2.24) is 4.98 Å². The zero-order valence-electron chi connectivity index (χ0n) is 11.0. The number of halogens is 2. The number of fused-ring (bicyclic) bond motifs is 1. The number of hydrogen-bond donors (Lipinski definition) is 0. The van der Waals surface area contributed by atoms with Gasteiger partial charge in [0.05, 0.1) is 15.1 Å². The molecule has 0 aliphatic rings. The molecule has 0 fully saturated rings. The average molecular weight is 351 g/mol. The fourth-order valence-corrected chi connectivity index (χ4v) is 3.37. The minimum atomic E-state index is -0.418. The number of nitrogens with zero attached hydrogens (tertiary/aromatic N) is 2. The van der Waals surface area contributed by atoms with Crippen molar-refractivity contribution in [1.29, 1.82) is 0 Å². The number of nitro benzene ring substituents is 1. The second-order valence-corrected chi connectivity index (χ2v) is 6.31. The Bertz CT molecular complexity index is 885. The predicted molar refractivity (Wildman–Crippen MR) is 91.7 cm³/mol. The van der Waals surface area contributed by atoms with Crippen molar-refractivity contribution in [2.75, 3.05) is 0 Å². The van der Waals surface area contributed by atoms with Crippen LogP contribution in [-0.2, 0) is 0 Å². The number of aromatic nitrogens is 1. The summed E-state index contributed by atoms with van der Waals surface area (Å²) in [6, 6.07) is 9.90. The highest BCUT2D eigenvalue weighted by Crippen LogP contribution is 2.29. The zero-order valence-corrected chi connectivity index (χ0v) is 13.3. The van der Waals surface area contributed by atoms with Crippen LogP contribution in [0.1, 0.15) is 10.6 Å². The van der Waals surface area contributed by atoms with E-state index < -0.39 is 4.92 Å². The molecule has 1 aromatic heterocycles. The molecule has 0 bridgehead atoms. The number of nitro groups is 1. The first-order valence-corrected chi connectivity index (χ1v) is 7.79. The highest BCUT2D eigenvalue weighted by molar-refractivity contribution is 7.19. The van der Waals surface area contributed by atoms with Crippen molar-refractivity contribution < 1.29 is 4.92 Å². The molecule has 3 rings (SSSR count). The summed E-state index contributed by atoms with van der Waals surface area (Å²) < 4.78 is 0.763. The molecule has 0 N–H and O–H groups in total. The van der Waals surface area contributed by atoms with Gasteiger partial charge in [0, 0.05) is 27.7 Å². The summed E-state index contributed by atoms with van der Waals surface area (Å²) in [5, 5.41) is 12.6. The van der Waals surface area contributed by atoms with Crippen LogP contribution >= 0.6 is 34.5 Å². The largest absolute Gasteiger partial charge is 0.270 e. The van der Waals surface area contributed by atoms with Gasteiger partial charge in [-0.25, -0.2) is 4.98 Å². The van der Waals surface area contributed by atoms with Crippen molar-refractivity contribution >= 4 is 62.6 Å². The van der Waals surface area contributed by atoms with Crippen LogP contribution in [-0.4, -0.2) is 9.91 Å². The van der Waals surface area contributed by atoms with E-state index in [2.05, 4.69) is 4.98 Å². The molecule has 7 heteroatoms. The Morgan fingerprint density at radius 1 is 1.14 bits per heavy atom. The normalized spacial score (nSPS) is 11.4. The van der Waals surface area contributed by atoms with Gasteiger partial charge in [0.25, 0.3) is 5.69 Å². The van der Waals surface area contributed by atoms with Crippen LogP contribution in [0.3, 0.4) is 0 Å². The molecular formula is C15H8Cl2N2O2S. The molecule has 3 aromatic rings. The molecule has 0 spiro atoms. The van der Waals surface area contributed by atoms with Crippen LogP contribution in [0.5, 0.6) is 0 Å². The van der Waals surface area contributed by atoms with Gasteiger partial charge >= 0.3 is 0 Å². The van der Waals surface area contributed by atoms with E-state index in [0.717, 1.165) is 20.8 Å². The molecule has 0 saturated carbocycles. The summed E-state index contributed by atoms with van der Waals surface area (Å²) >= 11 is 13.6. The van der Waals surface area contributed by atoms with Gasteiger partial charge < -0.3 is 0 Å². The molecule has 0 aliphatic carbocycles. The maximum absolute atomic E-state index is 10.8. The van der Waals surface area contributed by atoms with Crippen LogP contribution < -0.4 is 0 Å². The fraction of sp³-hybridized carbons (Fsp3) is 0. The highest BCUT2D eigenvalue weighted by atomic mass is 35.5. The molecule has 0 saturated heterocycles. The summed E-state index contributed by atoms with van der Waals surface area (Å²) in [5.41, 5.74) is 1.50. The van der Waals surface area contributed by atoms with Gasteiger partial charge in [0.2, 0.25) is 0 Å². The van der Waals surface area contributed by atoms with Crippen molar-refractivity contribution in [2.45, 2.75) is 0 Å². The van der Waals surface area contributed by atoms with E-state index in [1.807, 2.05) is 0 Å². The van der Waals surface area contributed by atoms with Crippen molar-refractivity contribution in [3.8, 4) is 0 Å². The van der Waals surface area contributed by atoms with Crippen LogP contribution in [0.4, 0.5) is 5.69 Å². The Morgan fingerprint density at radius 3 is 2.55 bits per heavy atom. The van der Waals surface area contributed by atoms with Crippen LogP contribution in [0.2, 0.25) is 10.0 Å². The third-order valence-corrected chi connectivity index (χ3v) is 4.63. The van der Waals surface area contributed by atoms with E-state index in [9.17, 15) is 10.1 Å². The Kier molecular flexibility index (Phi) is 4.11. The molecular weight excluding hydrogens is 343 g/mol. The molecule has 110 valence electrons. The molecule has 2 aromatic carbocycles. The van der Waals surface area contributed by atoms with Crippen LogP contribution in [0.25, 0.3) is 22.4 Å². The van der Waals surface area contributed by atoms with E-state index in [0.29, 0.717) is 10.0 Å². The minimum Gasteiger partial charge on any atom is -0.258 e. The SMILES string of the molecule is O=[N+]([O-])c1ccc2nc(C=Cc3c(Cl)cccc3Cl)sc2c1. The summed E-state index contributed by atoms with van der Waals surface area (Å²) in [5.74, 6) is 0. The lowest BCUT2D eigenvalue weighted by molar-refractivity contribution is -0.384. The van der Waals surface area contributed by atoms with Crippen molar-refractivity contribution in [3.63, 3.8) is 0 Å². The van der Waals surface area contributed by atoms with Gasteiger partial charge in [-0.05, 0) is 30.4 Å². The maximum Gasteiger partial charge on any atom is 0.270 e. The fourth-order valence-electron chi connectivity index (χ4n) is 1.94. The molecule has 0 aliphatic heterocycles. The first kappa shape index (κ1) is 15.0. The molecule has 0 amide bonds. The van der Waals surface area contributed by atoms with Crippen molar-refractivity contribution in [3.05, 3.63) is 67.1 Å². The van der Waals surface area contributed by atoms with Crippen molar-refractivity contribution in [2.24, 2.45) is 0 Å². The number of benzene rings is 2. The van der Waals surface area contributed by atoms with Gasteiger partial charge in [0.1, 0.15) is 5.01 Å². The van der Waals surface area contributed by atoms with E-state index in [4.69, 9.17) is 23.2 Å². The van der Waals surface area contributed by atoms with E-state index in [-0.39, 0.29) is 5.69 Å². The Labute approximate surface area is 139 Å². The molecule has 0 atom stereocenters. The minimum absolute atomic E-state index is 0.0563. The smallest absolute Gasteiger partial charge is 0.258 e. The third-order valence-electron chi connectivity index (χ3n) is 2.99. The van der Waals surface area contributed by atoms with E-state index in [1.165, 1.54) is 23.5 Å². The van der Waals surface area contributed by atoms with Gasteiger partial charge in [-0.2, -0.15) is 0 Å². The monoisotopic (exact) mass is 350 g/mol. The van der Waals surface area contributed by atoms with Gasteiger partial charge in [0.15, 0.2) is 0 Å². The summed E-state index contributed by atoms with van der Waals surface area (Å²) in [7, 11) is 0. The summed E-state index contributed by atoms with van der Waals surface area (Å²) in [6.07, 6.45) is 3.58. The summed E-state index contributed by atoms with van der Waals surface area (Å²) in [6.45, 7) is 0. The molecule has 4 nitrogen and oxygen atoms in total. The molecule has 0 radical (unpaired) electrons.